The van der Waals surface area contributed by atoms with Gasteiger partial charge in [-0.2, -0.15) is 8.78 Å². The molecular weight excluding hydrogens is 224 g/mol. The lowest BCUT2D eigenvalue weighted by Gasteiger charge is -2.46. The molecule has 1 aromatic carbocycles. The SMILES string of the molecule is CC1CC(CN)(c2ccc(OC(F)F)cc2)C1. The summed E-state index contributed by atoms with van der Waals surface area (Å²) < 4.78 is 28.3. The first kappa shape index (κ1) is 12.3. The first-order valence-electron chi connectivity index (χ1n) is 5.81. The van der Waals surface area contributed by atoms with E-state index in [0.29, 0.717) is 12.5 Å². The van der Waals surface area contributed by atoms with Gasteiger partial charge < -0.3 is 10.5 Å². The van der Waals surface area contributed by atoms with Gasteiger partial charge in [-0.1, -0.05) is 19.1 Å². The van der Waals surface area contributed by atoms with Gasteiger partial charge in [-0.3, -0.25) is 0 Å². The van der Waals surface area contributed by atoms with Crippen LogP contribution >= 0.6 is 0 Å². The van der Waals surface area contributed by atoms with Gasteiger partial charge in [-0.05, 0) is 36.5 Å². The van der Waals surface area contributed by atoms with Crippen LogP contribution in [0.25, 0.3) is 0 Å². The van der Waals surface area contributed by atoms with Gasteiger partial charge in [0.05, 0.1) is 0 Å². The molecule has 0 heterocycles. The van der Waals surface area contributed by atoms with Crippen molar-refractivity contribution in [2.45, 2.75) is 31.8 Å². The average molecular weight is 241 g/mol. The third-order valence-electron chi connectivity index (χ3n) is 3.56. The quantitative estimate of drug-likeness (QED) is 0.879. The minimum Gasteiger partial charge on any atom is -0.435 e. The van der Waals surface area contributed by atoms with Crippen LogP contribution in [0.3, 0.4) is 0 Å². The normalized spacial score (nSPS) is 27.9. The molecule has 0 atom stereocenters. The van der Waals surface area contributed by atoms with Crippen molar-refractivity contribution in [2.75, 3.05) is 6.54 Å². The van der Waals surface area contributed by atoms with Gasteiger partial charge in [0.15, 0.2) is 0 Å². The fourth-order valence-electron chi connectivity index (χ4n) is 2.78. The highest BCUT2D eigenvalue weighted by Crippen LogP contribution is 2.47. The second kappa shape index (κ2) is 4.61. The van der Waals surface area contributed by atoms with Crippen LogP contribution in [-0.2, 0) is 5.41 Å². The van der Waals surface area contributed by atoms with Crippen molar-refractivity contribution in [3.8, 4) is 5.75 Å². The maximum absolute atomic E-state index is 12.0. The second-order valence-electron chi connectivity index (χ2n) is 4.90. The molecule has 0 saturated heterocycles. The molecule has 0 aliphatic heterocycles. The van der Waals surface area contributed by atoms with E-state index in [-0.39, 0.29) is 11.2 Å². The molecule has 0 radical (unpaired) electrons. The van der Waals surface area contributed by atoms with Crippen LogP contribution < -0.4 is 10.5 Å². The Morgan fingerprint density at radius 1 is 1.35 bits per heavy atom. The Labute approximate surface area is 99.8 Å². The monoisotopic (exact) mass is 241 g/mol. The minimum atomic E-state index is -2.77. The molecule has 94 valence electrons. The molecule has 0 bridgehead atoms. The third-order valence-corrected chi connectivity index (χ3v) is 3.56. The van der Waals surface area contributed by atoms with Crippen molar-refractivity contribution in [3.63, 3.8) is 0 Å². The summed E-state index contributed by atoms with van der Waals surface area (Å²) in [6, 6.07) is 6.86. The van der Waals surface area contributed by atoms with Gasteiger partial charge >= 0.3 is 6.61 Å². The fraction of sp³-hybridized carbons (Fsp3) is 0.538. The Hall–Kier alpha value is -1.16. The van der Waals surface area contributed by atoms with Crippen molar-refractivity contribution >= 4 is 0 Å². The number of alkyl halides is 2. The predicted octanol–water partition coefficient (Wildman–Crippen LogP) is 2.91. The lowest BCUT2D eigenvalue weighted by atomic mass is 9.59. The summed E-state index contributed by atoms with van der Waals surface area (Å²) in [4.78, 5) is 0. The number of ether oxygens (including phenoxy) is 1. The summed E-state index contributed by atoms with van der Waals surface area (Å²) >= 11 is 0. The van der Waals surface area contributed by atoms with E-state index < -0.39 is 6.61 Å². The molecule has 1 fully saturated rings. The van der Waals surface area contributed by atoms with Gasteiger partial charge in [0, 0.05) is 12.0 Å². The zero-order valence-electron chi connectivity index (χ0n) is 9.83. The maximum atomic E-state index is 12.0. The van der Waals surface area contributed by atoms with E-state index in [9.17, 15) is 8.78 Å². The highest BCUT2D eigenvalue weighted by Gasteiger charge is 2.42. The van der Waals surface area contributed by atoms with Crippen LogP contribution in [0.2, 0.25) is 0 Å². The summed E-state index contributed by atoms with van der Waals surface area (Å²) in [6.45, 7) is 0.0298. The van der Waals surface area contributed by atoms with Crippen LogP contribution in [-0.4, -0.2) is 13.2 Å². The van der Waals surface area contributed by atoms with Crippen LogP contribution in [0.4, 0.5) is 8.78 Å². The maximum Gasteiger partial charge on any atom is 0.387 e. The van der Waals surface area contributed by atoms with E-state index in [1.807, 2.05) is 12.1 Å². The van der Waals surface area contributed by atoms with Gasteiger partial charge in [-0.25, -0.2) is 0 Å². The topological polar surface area (TPSA) is 35.2 Å². The molecule has 0 aromatic heterocycles. The van der Waals surface area contributed by atoms with Crippen molar-refractivity contribution in [1.82, 2.24) is 0 Å². The van der Waals surface area contributed by atoms with E-state index in [1.165, 1.54) is 0 Å². The largest absolute Gasteiger partial charge is 0.435 e. The number of nitrogens with two attached hydrogens (primary N) is 1. The van der Waals surface area contributed by atoms with Crippen molar-refractivity contribution in [3.05, 3.63) is 29.8 Å². The Kier molecular flexibility index (Phi) is 3.33. The van der Waals surface area contributed by atoms with E-state index in [2.05, 4.69) is 11.7 Å². The summed E-state index contributed by atoms with van der Waals surface area (Å²) in [5, 5.41) is 0. The zero-order valence-corrected chi connectivity index (χ0v) is 9.83. The standard InChI is InChI=1S/C13H17F2NO/c1-9-6-13(7-9,8-16)10-2-4-11(5-3-10)17-12(14)15/h2-5,9,12H,6-8,16H2,1H3. The fourth-order valence-corrected chi connectivity index (χ4v) is 2.78. The van der Waals surface area contributed by atoms with Crippen molar-refractivity contribution in [1.29, 1.82) is 0 Å². The van der Waals surface area contributed by atoms with Crippen molar-refractivity contribution in [2.24, 2.45) is 11.7 Å². The highest BCUT2D eigenvalue weighted by atomic mass is 19.3. The number of hydrogen-bond donors (Lipinski definition) is 1. The number of halogens is 2. The Morgan fingerprint density at radius 2 is 1.94 bits per heavy atom. The Balaban J connectivity index is 2.12. The van der Waals surface area contributed by atoms with Gasteiger partial charge in [0.1, 0.15) is 5.75 Å². The van der Waals surface area contributed by atoms with E-state index >= 15 is 0 Å². The molecule has 4 heteroatoms. The molecule has 1 saturated carbocycles. The predicted molar refractivity (Wildman–Crippen MR) is 62.2 cm³/mol. The molecule has 0 spiro atoms. The smallest absolute Gasteiger partial charge is 0.387 e. The molecular formula is C13H17F2NO. The lowest BCUT2D eigenvalue weighted by Crippen LogP contribution is -2.46. The molecule has 0 amide bonds. The molecule has 1 aromatic rings. The summed E-state index contributed by atoms with van der Waals surface area (Å²) in [5.41, 5.74) is 7.00. The highest BCUT2D eigenvalue weighted by molar-refractivity contribution is 5.34. The van der Waals surface area contributed by atoms with Gasteiger partial charge in [0.2, 0.25) is 0 Å². The lowest BCUT2D eigenvalue weighted by molar-refractivity contribution is -0.0498. The molecule has 1 aliphatic rings. The summed E-state index contributed by atoms with van der Waals surface area (Å²) in [6.07, 6.45) is 2.14. The van der Waals surface area contributed by atoms with Crippen LogP contribution in [0.1, 0.15) is 25.3 Å². The number of hydrogen-bond acceptors (Lipinski definition) is 2. The first-order chi connectivity index (χ1) is 8.05. The van der Waals surface area contributed by atoms with E-state index in [1.54, 1.807) is 12.1 Å². The Bertz CT molecular complexity index is 372. The molecule has 2 rings (SSSR count). The number of benzene rings is 1. The van der Waals surface area contributed by atoms with E-state index in [4.69, 9.17) is 5.73 Å². The molecule has 17 heavy (non-hydrogen) atoms. The third kappa shape index (κ3) is 2.41. The zero-order chi connectivity index (χ0) is 12.5. The number of rotatable bonds is 4. The van der Waals surface area contributed by atoms with E-state index in [0.717, 1.165) is 18.4 Å². The summed E-state index contributed by atoms with van der Waals surface area (Å²) in [5.74, 6) is 0.888. The average Bonchev–Trinajstić information content (AvgIpc) is 2.25. The molecule has 2 nitrogen and oxygen atoms in total. The van der Waals surface area contributed by atoms with Crippen molar-refractivity contribution < 1.29 is 13.5 Å². The van der Waals surface area contributed by atoms with Crippen LogP contribution in [0.5, 0.6) is 5.75 Å². The van der Waals surface area contributed by atoms with Crippen LogP contribution in [0, 0.1) is 5.92 Å². The summed E-state index contributed by atoms with van der Waals surface area (Å²) in [7, 11) is 0. The Morgan fingerprint density at radius 3 is 2.35 bits per heavy atom. The van der Waals surface area contributed by atoms with Crippen LogP contribution in [0.15, 0.2) is 24.3 Å². The second-order valence-corrected chi connectivity index (χ2v) is 4.90. The van der Waals surface area contributed by atoms with Gasteiger partial charge in [-0.15, -0.1) is 0 Å². The molecule has 0 unspecified atom stereocenters. The first-order valence-corrected chi connectivity index (χ1v) is 5.81. The minimum absolute atomic E-state index is 0.0444. The van der Waals surface area contributed by atoms with Gasteiger partial charge in [0.25, 0.3) is 0 Å². The molecule has 2 N–H and O–H groups in total. The molecule has 1 aliphatic carbocycles.